The second-order valence-corrected chi connectivity index (χ2v) is 6.85. The molecule has 0 saturated heterocycles. The Hall–Kier alpha value is -2.64. The Bertz CT molecular complexity index is 880. The van der Waals surface area contributed by atoms with Crippen molar-refractivity contribution in [1.29, 1.82) is 0 Å². The molecule has 1 atom stereocenters. The first-order valence-electron chi connectivity index (χ1n) is 8.22. The van der Waals surface area contributed by atoms with Crippen molar-refractivity contribution in [2.75, 3.05) is 11.9 Å². The van der Waals surface area contributed by atoms with Crippen LogP contribution in [0.2, 0.25) is 0 Å². The monoisotopic (exact) mass is 390 g/mol. The number of alkyl halides is 3. The standard InChI is InChI=1S/C20H17F3N2OS/c21-20(22,23)15-8-4-9-16(12-15)25-18(26)13-24-19(17-10-5-11-27-17)14-6-2-1-3-7-14/h1-12,19,24H,13H2,(H,25,26)/t19-/m0/s1. The molecule has 0 fully saturated rings. The molecule has 0 radical (unpaired) electrons. The number of nitrogens with one attached hydrogen (secondary N) is 2. The minimum absolute atomic E-state index is 0.0340. The van der Waals surface area contributed by atoms with E-state index in [9.17, 15) is 18.0 Å². The van der Waals surface area contributed by atoms with Crippen LogP contribution in [0.5, 0.6) is 0 Å². The van der Waals surface area contributed by atoms with Crippen molar-refractivity contribution >= 4 is 22.9 Å². The number of amides is 1. The van der Waals surface area contributed by atoms with Crippen LogP contribution in [0.25, 0.3) is 0 Å². The highest BCUT2D eigenvalue weighted by atomic mass is 32.1. The SMILES string of the molecule is O=C(CN[C@@H](c1ccccc1)c1cccs1)Nc1cccc(C(F)(F)F)c1. The Morgan fingerprint density at radius 1 is 1.00 bits per heavy atom. The van der Waals surface area contributed by atoms with E-state index in [0.717, 1.165) is 22.6 Å². The number of thiophene rings is 1. The fourth-order valence-electron chi connectivity index (χ4n) is 2.66. The highest BCUT2D eigenvalue weighted by Crippen LogP contribution is 2.30. The van der Waals surface area contributed by atoms with Crippen LogP contribution in [-0.2, 0) is 11.0 Å². The molecule has 2 N–H and O–H groups in total. The average Bonchev–Trinajstić information content (AvgIpc) is 3.17. The summed E-state index contributed by atoms with van der Waals surface area (Å²) in [4.78, 5) is 13.3. The van der Waals surface area contributed by atoms with Gasteiger partial charge in [-0.1, -0.05) is 42.5 Å². The van der Waals surface area contributed by atoms with Crippen molar-refractivity contribution in [1.82, 2.24) is 5.32 Å². The fourth-order valence-corrected chi connectivity index (χ4v) is 3.48. The van der Waals surface area contributed by atoms with Gasteiger partial charge >= 0.3 is 6.18 Å². The van der Waals surface area contributed by atoms with Crippen LogP contribution in [0.4, 0.5) is 18.9 Å². The normalized spacial score (nSPS) is 12.6. The number of carbonyl (C=O) groups is 1. The van der Waals surface area contributed by atoms with Crippen LogP contribution < -0.4 is 10.6 Å². The molecular formula is C20H17F3N2OS. The third-order valence-electron chi connectivity index (χ3n) is 3.90. The first-order valence-corrected chi connectivity index (χ1v) is 9.10. The maximum Gasteiger partial charge on any atom is 0.416 e. The molecule has 1 heterocycles. The summed E-state index contributed by atoms with van der Waals surface area (Å²) in [5.41, 5.74) is 0.324. The molecule has 0 unspecified atom stereocenters. The van der Waals surface area contributed by atoms with Crippen LogP contribution in [-0.4, -0.2) is 12.5 Å². The van der Waals surface area contributed by atoms with Crippen molar-refractivity contribution in [2.24, 2.45) is 0 Å². The van der Waals surface area contributed by atoms with Gasteiger partial charge in [0.1, 0.15) is 0 Å². The summed E-state index contributed by atoms with van der Waals surface area (Å²) in [6, 6.07) is 18.0. The van der Waals surface area contributed by atoms with Crippen molar-refractivity contribution in [3.8, 4) is 0 Å². The molecule has 0 aliphatic carbocycles. The summed E-state index contributed by atoms with van der Waals surface area (Å²) in [7, 11) is 0. The Morgan fingerprint density at radius 3 is 2.44 bits per heavy atom. The van der Waals surface area contributed by atoms with Crippen LogP contribution >= 0.6 is 11.3 Å². The molecule has 2 aromatic carbocycles. The molecule has 3 aromatic rings. The van der Waals surface area contributed by atoms with Crippen molar-refractivity contribution < 1.29 is 18.0 Å². The summed E-state index contributed by atoms with van der Waals surface area (Å²) >= 11 is 1.57. The molecule has 0 bridgehead atoms. The summed E-state index contributed by atoms with van der Waals surface area (Å²) in [5.74, 6) is -0.410. The van der Waals surface area contributed by atoms with E-state index in [1.165, 1.54) is 12.1 Å². The van der Waals surface area contributed by atoms with Gasteiger partial charge in [-0.3, -0.25) is 10.1 Å². The molecule has 3 rings (SSSR count). The molecule has 3 nitrogen and oxygen atoms in total. The number of rotatable bonds is 6. The lowest BCUT2D eigenvalue weighted by molar-refractivity contribution is -0.137. The van der Waals surface area contributed by atoms with E-state index in [0.29, 0.717) is 0 Å². The molecule has 1 aromatic heterocycles. The zero-order valence-corrected chi connectivity index (χ0v) is 15.0. The van der Waals surface area contributed by atoms with E-state index in [-0.39, 0.29) is 18.3 Å². The predicted molar refractivity (Wildman–Crippen MR) is 101 cm³/mol. The average molecular weight is 390 g/mol. The Kier molecular flexibility index (Phi) is 5.93. The number of benzene rings is 2. The zero-order valence-electron chi connectivity index (χ0n) is 14.2. The maximum absolute atomic E-state index is 12.8. The largest absolute Gasteiger partial charge is 0.416 e. The van der Waals surface area contributed by atoms with E-state index >= 15 is 0 Å². The number of hydrogen-bond acceptors (Lipinski definition) is 3. The van der Waals surface area contributed by atoms with Crippen LogP contribution in [0.3, 0.4) is 0 Å². The van der Waals surface area contributed by atoms with Crippen molar-refractivity contribution in [2.45, 2.75) is 12.2 Å². The second kappa shape index (κ2) is 8.37. The van der Waals surface area contributed by atoms with Gasteiger partial charge < -0.3 is 5.32 Å². The first kappa shape index (κ1) is 19.1. The maximum atomic E-state index is 12.8. The van der Waals surface area contributed by atoms with Gasteiger partial charge in [0.05, 0.1) is 18.2 Å². The van der Waals surface area contributed by atoms with E-state index in [4.69, 9.17) is 0 Å². The van der Waals surface area contributed by atoms with E-state index in [2.05, 4.69) is 10.6 Å². The van der Waals surface area contributed by atoms with Crippen molar-refractivity contribution in [3.05, 3.63) is 88.1 Å². The van der Waals surface area contributed by atoms with Gasteiger partial charge in [-0.15, -0.1) is 11.3 Å². The molecule has 0 saturated carbocycles. The van der Waals surface area contributed by atoms with E-state index in [1.54, 1.807) is 11.3 Å². The van der Waals surface area contributed by atoms with E-state index in [1.807, 2.05) is 47.8 Å². The van der Waals surface area contributed by atoms with Gasteiger partial charge in [0, 0.05) is 10.6 Å². The minimum atomic E-state index is -4.45. The molecule has 0 aliphatic rings. The lowest BCUT2D eigenvalue weighted by atomic mass is 10.1. The highest BCUT2D eigenvalue weighted by molar-refractivity contribution is 7.10. The summed E-state index contributed by atoms with van der Waals surface area (Å²) in [6.07, 6.45) is -4.45. The van der Waals surface area contributed by atoms with Crippen molar-refractivity contribution in [3.63, 3.8) is 0 Å². The summed E-state index contributed by atoms with van der Waals surface area (Å²) in [5, 5.41) is 7.64. The molecular weight excluding hydrogens is 373 g/mol. The third-order valence-corrected chi connectivity index (χ3v) is 4.84. The summed E-state index contributed by atoms with van der Waals surface area (Å²) < 4.78 is 38.3. The van der Waals surface area contributed by atoms with E-state index < -0.39 is 17.6 Å². The lowest BCUT2D eigenvalue weighted by Crippen LogP contribution is -2.31. The van der Waals surface area contributed by atoms with Crippen LogP contribution in [0, 0.1) is 0 Å². The number of hydrogen-bond donors (Lipinski definition) is 2. The van der Waals surface area contributed by atoms with Gasteiger partial charge in [-0.05, 0) is 35.2 Å². The molecule has 27 heavy (non-hydrogen) atoms. The Labute approximate surface area is 158 Å². The molecule has 0 spiro atoms. The van der Waals surface area contributed by atoms with Gasteiger partial charge in [0.15, 0.2) is 0 Å². The third kappa shape index (κ3) is 5.18. The number of carbonyl (C=O) groups excluding carboxylic acids is 1. The first-order chi connectivity index (χ1) is 12.9. The number of anilines is 1. The molecule has 1 amide bonds. The lowest BCUT2D eigenvalue weighted by Gasteiger charge is -2.18. The topological polar surface area (TPSA) is 41.1 Å². The molecule has 7 heteroatoms. The van der Waals surface area contributed by atoms with Gasteiger partial charge in [-0.2, -0.15) is 13.2 Å². The zero-order chi connectivity index (χ0) is 19.3. The fraction of sp³-hybridized carbons (Fsp3) is 0.150. The highest BCUT2D eigenvalue weighted by Gasteiger charge is 2.30. The Morgan fingerprint density at radius 2 is 1.78 bits per heavy atom. The predicted octanol–water partition coefficient (Wildman–Crippen LogP) is 5.08. The van der Waals surface area contributed by atoms with Crippen LogP contribution in [0.1, 0.15) is 22.0 Å². The van der Waals surface area contributed by atoms with Gasteiger partial charge in [0.2, 0.25) is 5.91 Å². The molecule has 0 aliphatic heterocycles. The van der Waals surface area contributed by atoms with Crippen LogP contribution in [0.15, 0.2) is 72.1 Å². The van der Waals surface area contributed by atoms with Gasteiger partial charge in [-0.25, -0.2) is 0 Å². The number of halogens is 3. The molecule has 140 valence electrons. The second-order valence-electron chi connectivity index (χ2n) is 5.87. The quantitative estimate of drug-likeness (QED) is 0.616. The van der Waals surface area contributed by atoms with Gasteiger partial charge in [0.25, 0.3) is 0 Å². The smallest absolute Gasteiger partial charge is 0.325 e. The minimum Gasteiger partial charge on any atom is -0.325 e. The Balaban J connectivity index is 1.67. The summed E-state index contributed by atoms with van der Waals surface area (Å²) in [6.45, 7) is -0.0340.